The smallest absolute Gasteiger partial charge is 0.152 e. The first-order chi connectivity index (χ1) is 12.4. The second-order valence-electron chi connectivity index (χ2n) is 6.23. The number of aromatic nitrogens is 2. The van der Waals surface area contributed by atoms with Crippen molar-refractivity contribution in [3.63, 3.8) is 0 Å². The van der Waals surface area contributed by atoms with Gasteiger partial charge in [0.15, 0.2) is 5.82 Å². The minimum absolute atomic E-state index is 0.746. The highest BCUT2D eigenvalue weighted by Crippen LogP contribution is 2.24. The Morgan fingerprint density at radius 2 is 2.00 bits per heavy atom. The fourth-order valence-corrected chi connectivity index (χ4v) is 3.69. The maximum absolute atomic E-state index is 5.84. The Hall–Kier alpha value is -2.31. The number of likely N-dealkylation sites (tertiary alicyclic amines) is 1. The molecule has 1 aliphatic heterocycles. The maximum atomic E-state index is 5.84. The predicted octanol–water partition coefficient (Wildman–Crippen LogP) is 4.36. The number of aromatic amines is 1. The molecule has 3 heterocycles. The molecule has 1 saturated heterocycles. The lowest BCUT2D eigenvalue weighted by molar-refractivity contribution is 0.238. The lowest BCUT2D eigenvalue weighted by Crippen LogP contribution is -2.25. The van der Waals surface area contributed by atoms with Crippen molar-refractivity contribution in [2.45, 2.75) is 12.8 Å². The highest BCUT2D eigenvalue weighted by atomic mass is 32.1. The molecule has 5 nitrogen and oxygen atoms in total. The van der Waals surface area contributed by atoms with Crippen molar-refractivity contribution in [2.75, 3.05) is 31.6 Å². The van der Waals surface area contributed by atoms with Crippen LogP contribution in [0.5, 0.6) is 5.75 Å². The molecule has 0 bridgehead atoms. The molecule has 130 valence electrons. The van der Waals surface area contributed by atoms with E-state index in [9.17, 15) is 0 Å². The third-order valence-electron chi connectivity index (χ3n) is 4.41. The van der Waals surface area contributed by atoms with E-state index >= 15 is 0 Å². The molecule has 1 fully saturated rings. The number of anilines is 2. The van der Waals surface area contributed by atoms with Crippen molar-refractivity contribution >= 4 is 22.8 Å². The molecule has 0 aliphatic carbocycles. The maximum Gasteiger partial charge on any atom is 0.152 e. The quantitative estimate of drug-likeness (QED) is 0.662. The number of rotatable bonds is 7. The molecule has 4 rings (SSSR count). The van der Waals surface area contributed by atoms with Crippen LogP contribution in [0.25, 0.3) is 11.3 Å². The summed E-state index contributed by atoms with van der Waals surface area (Å²) < 4.78 is 5.84. The van der Waals surface area contributed by atoms with Gasteiger partial charge in [0.2, 0.25) is 0 Å². The minimum atomic E-state index is 0.746. The van der Waals surface area contributed by atoms with Gasteiger partial charge in [-0.05, 0) is 61.6 Å². The Morgan fingerprint density at radius 1 is 1.16 bits per heavy atom. The van der Waals surface area contributed by atoms with Gasteiger partial charge < -0.3 is 10.1 Å². The fraction of sp³-hybridized carbons (Fsp3) is 0.316. The normalized spacial score (nSPS) is 14.7. The highest BCUT2D eigenvalue weighted by Gasteiger charge is 2.10. The number of H-pyrrole nitrogens is 1. The average molecular weight is 354 g/mol. The Bertz CT molecular complexity index is 776. The van der Waals surface area contributed by atoms with Gasteiger partial charge in [0.05, 0.1) is 5.69 Å². The summed E-state index contributed by atoms with van der Waals surface area (Å²) in [6.07, 6.45) is 2.64. The van der Waals surface area contributed by atoms with E-state index in [0.29, 0.717) is 0 Å². The van der Waals surface area contributed by atoms with Crippen molar-refractivity contribution in [3.05, 3.63) is 47.2 Å². The van der Waals surface area contributed by atoms with Crippen molar-refractivity contribution in [3.8, 4) is 17.0 Å². The lowest BCUT2D eigenvalue weighted by atomic mass is 10.2. The van der Waals surface area contributed by atoms with Gasteiger partial charge in [-0.15, -0.1) is 0 Å². The molecular formula is C19H22N4OS. The summed E-state index contributed by atoms with van der Waals surface area (Å²) in [7, 11) is 0. The molecule has 1 aliphatic rings. The zero-order valence-corrected chi connectivity index (χ0v) is 14.9. The first-order valence-corrected chi connectivity index (χ1v) is 9.61. The van der Waals surface area contributed by atoms with Crippen LogP contribution in [0.3, 0.4) is 0 Å². The van der Waals surface area contributed by atoms with E-state index in [4.69, 9.17) is 4.74 Å². The van der Waals surface area contributed by atoms with E-state index in [0.717, 1.165) is 41.7 Å². The van der Waals surface area contributed by atoms with E-state index in [1.54, 1.807) is 11.3 Å². The van der Waals surface area contributed by atoms with Crippen molar-refractivity contribution in [1.82, 2.24) is 15.1 Å². The van der Waals surface area contributed by atoms with Crippen LogP contribution in [-0.2, 0) is 0 Å². The van der Waals surface area contributed by atoms with Crippen molar-refractivity contribution in [1.29, 1.82) is 0 Å². The largest absolute Gasteiger partial charge is 0.492 e. The third kappa shape index (κ3) is 4.21. The summed E-state index contributed by atoms with van der Waals surface area (Å²) >= 11 is 1.68. The van der Waals surface area contributed by atoms with E-state index < -0.39 is 0 Å². The third-order valence-corrected chi connectivity index (χ3v) is 5.09. The number of thiophene rings is 1. The summed E-state index contributed by atoms with van der Waals surface area (Å²) in [5, 5.41) is 14.9. The molecule has 0 radical (unpaired) electrons. The number of benzene rings is 1. The summed E-state index contributed by atoms with van der Waals surface area (Å²) in [4.78, 5) is 2.46. The van der Waals surface area contributed by atoms with Crippen LogP contribution in [0.2, 0.25) is 0 Å². The topological polar surface area (TPSA) is 53.2 Å². The van der Waals surface area contributed by atoms with Crippen LogP contribution < -0.4 is 10.1 Å². The first kappa shape index (κ1) is 16.2. The summed E-state index contributed by atoms with van der Waals surface area (Å²) in [6, 6.07) is 12.1. The Kier molecular flexibility index (Phi) is 4.99. The van der Waals surface area contributed by atoms with Gasteiger partial charge in [-0.25, -0.2) is 0 Å². The lowest BCUT2D eigenvalue weighted by Gasteiger charge is -2.15. The van der Waals surface area contributed by atoms with Gasteiger partial charge in [-0.1, -0.05) is 0 Å². The zero-order valence-electron chi connectivity index (χ0n) is 14.1. The first-order valence-electron chi connectivity index (χ1n) is 8.67. The Morgan fingerprint density at radius 3 is 2.76 bits per heavy atom. The highest BCUT2D eigenvalue weighted by molar-refractivity contribution is 7.08. The molecule has 25 heavy (non-hydrogen) atoms. The molecule has 1 aromatic carbocycles. The van der Waals surface area contributed by atoms with Crippen molar-refractivity contribution in [2.24, 2.45) is 0 Å². The van der Waals surface area contributed by atoms with E-state index in [1.807, 2.05) is 30.3 Å². The standard InChI is InChI=1S/C19H22N4OS/c1-2-9-23(8-1)10-11-24-17-5-3-16(4-6-17)20-19-13-18(21-22-19)15-7-12-25-14-15/h3-7,12-14H,1-2,8-11H2,(H2,20,21,22). The van der Waals surface area contributed by atoms with Crippen LogP contribution in [0.1, 0.15) is 12.8 Å². The fourth-order valence-electron chi connectivity index (χ4n) is 3.03. The minimum Gasteiger partial charge on any atom is -0.492 e. The van der Waals surface area contributed by atoms with Gasteiger partial charge in [-0.3, -0.25) is 10.00 Å². The summed E-state index contributed by atoms with van der Waals surface area (Å²) in [5.74, 6) is 1.72. The summed E-state index contributed by atoms with van der Waals surface area (Å²) in [5.41, 5.74) is 3.17. The molecule has 2 N–H and O–H groups in total. The molecule has 6 heteroatoms. The zero-order chi connectivity index (χ0) is 16.9. The van der Waals surface area contributed by atoms with E-state index in [1.165, 1.54) is 25.9 Å². The predicted molar refractivity (Wildman–Crippen MR) is 103 cm³/mol. The number of nitrogens with one attached hydrogen (secondary N) is 2. The second kappa shape index (κ2) is 7.72. The van der Waals surface area contributed by atoms with Gasteiger partial charge in [-0.2, -0.15) is 16.4 Å². The Balaban J connectivity index is 1.29. The number of nitrogens with zero attached hydrogens (tertiary/aromatic N) is 2. The van der Waals surface area contributed by atoms with Gasteiger partial charge >= 0.3 is 0 Å². The molecule has 0 unspecified atom stereocenters. The average Bonchev–Trinajstić information content (AvgIpc) is 3.39. The molecular weight excluding hydrogens is 332 g/mol. The molecule has 3 aromatic rings. The van der Waals surface area contributed by atoms with E-state index in [-0.39, 0.29) is 0 Å². The molecule has 0 spiro atoms. The van der Waals surface area contributed by atoms with Gasteiger partial charge in [0.1, 0.15) is 12.4 Å². The van der Waals surface area contributed by atoms with Gasteiger partial charge in [0, 0.05) is 29.2 Å². The monoisotopic (exact) mass is 354 g/mol. The number of hydrogen-bond acceptors (Lipinski definition) is 5. The number of hydrogen-bond donors (Lipinski definition) is 2. The SMILES string of the molecule is c1cc(-c2cc(Nc3ccc(OCCN4CCCC4)cc3)n[nH]2)cs1. The van der Waals surface area contributed by atoms with Crippen LogP contribution in [0.15, 0.2) is 47.2 Å². The van der Waals surface area contributed by atoms with Crippen LogP contribution in [0, 0.1) is 0 Å². The second-order valence-corrected chi connectivity index (χ2v) is 7.01. The van der Waals surface area contributed by atoms with Crippen LogP contribution in [0.4, 0.5) is 11.5 Å². The van der Waals surface area contributed by atoms with Crippen LogP contribution >= 0.6 is 11.3 Å². The number of ether oxygens (including phenoxy) is 1. The molecule has 2 aromatic heterocycles. The molecule has 0 amide bonds. The van der Waals surface area contributed by atoms with Gasteiger partial charge in [0.25, 0.3) is 0 Å². The Labute approximate surface area is 151 Å². The summed E-state index contributed by atoms with van der Waals surface area (Å²) in [6.45, 7) is 4.18. The van der Waals surface area contributed by atoms with E-state index in [2.05, 4.69) is 37.2 Å². The van der Waals surface area contributed by atoms with Crippen molar-refractivity contribution < 1.29 is 4.74 Å². The molecule has 0 atom stereocenters. The van der Waals surface area contributed by atoms with Crippen LogP contribution in [-0.4, -0.2) is 41.3 Å². The molecule has 0 saturated carbocycles.